The monoisotopic (exact) mass is 640 g/mol. The summed E-state index contributed by atoms with van der Waals surface area (Å²) < 4.78 is 0. The number of benzene rings is 2. The van der Waals surface area contributed by atoms with Gasteiger partial charge in [-0.05, 0) is 41.8 Å². The van der Waals surface area contributed by atoms with Gasteiger partial charge in [0.15, 0.2) is 0 Å². The zero-order valence-electron chi connectivity index (χ0n) is 25.0. The molecule has 16 heteroatoms. The van der Waals surface area contributed by atoms with Gasteiger partial charge in [-0.1, -0.05) is 24.3 Å². The Morgan fingerprint density at radius 1 is 0.556 bits per heavy atom. The van der Waals surface area contributed by atoms with E-state index in [4.69, 9.17) is 10.2 Å². The first-order chi connectivity index (χ1) is 21.2. The molecule has 252 valence electrons. The van der Waals surface area contributed by atoms with Gasteiger partial charge in [-0.3, -0.25) is 0 Å². The Labute approximate surface area is 260 Å². The topological polar surface area (TPSA) is 267 Å². The first-order valence-electron chi connectivity index (χ1n) is 14.1. The molecule has 0 bridgehead atoms. The Kier molecular flexibility index (Phi) is 15.0. The van der Waals surface area contributed by atoms with Crippen LogP contribution >= 0.6 is 0 Å². The van der Waals surface area contributed by atoms with Crippen molar-refractivity contribution in [1.29, 1.82) is 0 Å². The fraction of sp³-hybridized carbons (Fsp3) is 0.517. The van der Waals surface area contributed by atoms with Crippen molar-refractivity contribution in [1.82, 2.24) is 9.80 Å². The van der Waals surface area contributed by atoms with Crippen molar-refractivity contribution in [3.8, 4) is 0 Å². The number of amides is 4. The molecule has 2 rings (SSSR count). The van der Waals surface area contributed by atoms with E-state index < -0.39 is 74.1 Å². The molecule has 0 aromatic heterocycles. The Morgan fingerprint density at radius 3 is 1.13 bits per heavy atom. The number of rotatable bonds is 16. The molecule has 0 heterocycles. The Bertz CT molecular complexity index is 1100. The summed E-state index contributed by atoms with van der Waals surface area (Å²) in [6.45, 7) is -2.35. The van der Waals surface area contributed by atoms with Gasteiger partial charge in [-0.15, -0.1) is 0 Å². The second-order valence-electron chi connectivity index (χ2n) is 10.8. The third-order valence-corrected chi connectivity index (χ3v) is 7.08. The molecule has 0 saturated carbocycles. The lowest BCUT2D eigenvalue weighted by molar-refractivity contribution is -0.117. The summed E-state index contributed by atoms with van der Waals surface area (Å²) in [6, 6.07) is 12.7. The van der Waals surface area contributed by atoms with Crippen LogP contribution < -0.4 is 10.6 Å². The predicted molar refractivity (Wildman–Crippen MR) is 161 cm³/mol. The average Bonchev–Trinajstić information content (AvgIpc) is 3.03. The number of nitrogens with zero attached hydrogens (tertiary/aromatic N) is 2. The van der Waals surface area contributed by atoms with E-state index >= 15 is 0 Å². The van der Waals surface area contributed by atoms with Crippen LogP contribution in [0.4, 0.5) is 21.0 Å². The number of carbonyl (C=O) groups excluding carboxylic acids is 2. The van der Waals surface area contributed by atoms with Crippen LogP contribution in [0.2, 0.25) is 0 Å². The third-order valence-electron chi connectivity index (χ3n) is 7.08. The summed E-state index contributed by atoms with van der Waals surface area (Å²) in [5, 5.41) is 101. The van der Waals surface area contributed by atoms with Gasteiger partial charge in [0.1, 0.15) is 48.8 Å². The van der Waals surface area contributed by atoms with Gasteiger partial charge in [-0.2, -0.15) is 0 Å². The molecule has 2 aromatic carbocycles. The minimum Gasteiger partial charge on any atom is -0.394 e. The smallest absolute Gasteiger partial charge is 0.321 e. The van der Waals surface area contributed by atoms with E-state index in [0.29, 0.717) is 17.8 Å². The van der Waals surface area contributed by atoms with Gasteiger partial charge in [0, 0.05) is 25.5 Å². The molecule has 0 fully saturated rings. The molecular weight excluding hydrogens is 596 g/mol. The number of carbonyl (C=O) groups is 2. The van der Waals surface area contributed by atoms with Gasteiger partial charge in [0.05, 0.1) is 26.3 Å². The summed E-state index contributed by atoms with van der Waals surface area (Å²) in [5.74, 6) is 0. The lowest BCUT2D eigenvalue weighted by atomic mass is 10.0. The maximum absolute atomic E-state index is 12.5. The number of hydrogen-bond donors (Lipinski definition) is 12. The Hall–Kier alpha value is -3.42. The molecule has 0 radical (unpaired) electrons. The van der Waals surface area contributed by atoms with Crippen LogP contribution in [0.15, 0.2) is 48.5 Å². The summed E-state index contributed by atoms with van der Waals surface area (Å²) in [6.07, 6.45) is -13.1. The van der Waals surface area contributed by atoms with Gasteiger partial charge in [0.25, 0.3) is 0 Å². The quantitative estimate of drug-likeness (QED) is 0.0880. The van der Waals surface area contributed by atoms with Crippen LogP contribution in [0.5, 0.6) is 0 Å². The van der Waals surface area contributed by atoms with Gasteiger partial charge in [0.2, 0.25) is 0 Å². The highest BCUT2D eigenvalue weighted by molar-refractivity contribution is 5.89. The second kappa shape index (κ2) is 17.9. The van der Waals surface area contributed by atoms with E-state index in [1.807, 2.05) is 0 Å². The first kappa shape index (κ1) is 37.8. The van der Waals surface area contributed by atoms with Crippen molar-refractivity contribution in [3.05, 3.63) is 59.7 Å². The highest BCUT2D eigenvalue weighted by atomic mass is 16.4. The zero-order chi connectivity index (χ0) is 33.8. The number of urea groups is 2. The van der Waals surface area contributed by atoms with Crippen LogP contribution in [0.25, 0.3) is 0 Å². The summed E-state index contributed by atoms with van der Waals surface area (Å²) in [7, 11) is 2.73. The lowest BCUT2D eigenvalue weighted by Gasteiger charge is -2.28. The first-order valence-corrected chi connectivity index (χ1v) is 14.1. The molecule has 8 atom stereocenters. The Morgan fingerprint density at radius 2 is 0.844 bits per heavy atom. The molecule has 4 amide bonds. The molecule has 0 aliphatic carbocycles. The summed E-state index contributed by atoms with van der Waals surface area (Å²) in [5.41, 5.74) is 2.74. The fourth-order valence-corrected chi connectivity index (χ4v) is 4.15. The van der Waals surface area contributed by atoms with Gasteiger partial charge in [-0.25, -0.2) is 9.59 Å². The third kappa shape index (κ3) is 11.5. The summed E-state index contributed by atoms with van der Waals surface area (Å²) >= 11 is 0. The molecule has 12 N–H and O–H groups in total. The van der Waals surface area contributed by atoms with Crippen molar-refractivity contribution in [3.63, 3.8) is 0 Å². The van der Waals surface area contributed by atoms with Crippen LogP contribution in [0.3, 0.4) is 0 Å². The van der Waals surface area contributed by atoms with E-state index in [1.165, 1.54) is 14.1 Å². The van der Waals surface area contributed by atoms with E-state index in [-0.39, 0.29) is 13.1 Å². The van der Waals surface area contributed by atoms with Crippen molar-refractivity contribution in [2.24, 2.45) is 0 Å². The number of nitrogens with one attached hydrogen (secondary N) is 2. The van der Waals surface area contributed by atoms with Crippen LogP contribution in [-0.2, 0) is 6.42 Å². The van der Waals surface area contributed by atoms with Crippen LogP contribution in [0, 0.1) is 0 Å². The minimum atomic E-state index is -1.80. The molecule has 2 aromatic rings. The second-order valence-corrected chi connectivity index (χ2v) is 10.8. The molecule has 0 aliphatic heterocycles. The molecular formula is C29H44N4O12. The largest absolute Gasteiger partial charge is 0.394 e. The molecule has 0 saturated heterocycles. The van der Waals surface area contributed by atoms with E-state index in [0.717, 1.165) is 20.9 Å². The maximum atomic E-state index is 12.5. The molecule has 0 unspecified atom stereocenters. The standard InChI is InChI=1S/C29H44N4O12/c1-32(12-20(36)24(40)26(42)22(38)14-34)28(44)30-18-7-3-16(4-8-18)11-17-5-9-19(10-6-17)31-29(45)33(2)13-21(37)25(41)27(43)23(39)15-35/h3-10,20-27,34-43H,11-15H2,1-2H3,(H,30,44)(H,31,45)/t20-,21-,22+,23+,24+,25+,26+,27+/m0/s1. The van der Waals surface area contributed by atoms with Crippen LogP contribution in [0.1, 0.15) is 11.1 Å². The average molecular weight is 641 g/mol. The SMILES string of the molecule is CN(C[C@H](O)[C@@H](O)[C@H](O)[C@H](O)CO)C(=O)Nc1ccc(Cc2ccc(NC(=O)N(C)C[C@H](O)[C@@H](O)[C@H](O)[C@H](O)CO)cc2)cc1. The lowest BCUT2D eigenvalue weighted by Crippen LogP contribution is -2.50. The molecule has 0 spiro atoms. The van der Waals surface area contributed by atoms with Crippen molar-refractivity contribution >= 4 is 23.4 Å². The number of anilines is 2. The van der Waals surface area contributed by atoms with Gasteiger partial charge < -0.3 is 71.5 Å². The number of aliphatic hydroxyl groups excluding tert-OH is 10. The van der Waals surface area contributed by atoms with Crippen molar-refractivity contribution in [2.45, 2.75) is 55.3 Å². The fourth-order valence-electron chi connectivity index (χ4n) is 4.15. The number of likely N-dealkylation sites (N-methyl/N-ethyl adjacent to an activating group) is 2. The minimum absolute atomic E-state index is 0.362. The van der Waals surface area contributed by atoms with Crippen molar-refractivity contribution < 1.29 is 60.7 Å². The molecule has 45 heavy (non-hydrogen) atoms. The number of hydrogen-bond acceptors (Lipinski definition) is 12. The number of aliphatic hydroxyl groups is 10. The van der Waals surface area contributed by atoms with Crippen molar-refractivity contribution in [2.75, 3.05) is 51.0 Å². The van der Waals surface area contributed by atoms with E-state index in [9.17, 15) is 50.4 Å². The maximum Gasteiger partial charge on any atom is 0.321 e. The van der Waals surface area contributed by atoms with E-state index in [2.05, 4.69) is 10.6 Å². The zero-order valence-corrected chi connectivity index (χ0v) is 25.0. The van der Waals surface area contributed by atoms with E-state index in [1.54, 1.807) is 48.5 Å². The highest BCUT2D eigenvalue weighted by Crippen LogP contribution is 2.17. The molecule has 16 nitrogen and oxygen atoms in total. The summed E-state index contributed by atoms with van der Waals surface area (Å²) in [4.78, 5) is 27.1. The Balaban J connectivity index is 1.86. The normalized spacial score (nSPS) is 16.8. The van der Waals surface area contributed by atoms with Gasteiger partial charge >= 0.3 is 12.1 Å². The predicted octanol–water partition coefficient (Wildman–Crippen LogP) is -2.92. The van der Waals surface area contributed by atoms with Crippen LogP contribution in [-0.4, -0.2) is 162 Å². The molecule has 0 aliphatic rings. The highest BCUT2D eigenvalue weighted by Gasteiger charge is 2.32.